The highest BCUT2D eigenvalue weighted by Crippen LogP contribution is 2.20. The van der Waals surface area contributed by atoms with Gasteiger partial charge in [0.05, 0.1) is 0 Å². The Morgan fingerprint density at radius 3 is 2.28 bits per heavy atom. The molecule has 1 rings (SSSR count). The predicted molar refractivity (Wildman–Crippen MR) is 76.4 cm³/mol. The number of amides is 1. The maximum Gasteiger partial charge on any atom is 0.225 e. The topological polar surface area (TPSA) is 32.3 Å². The first-order chi connectivity index (χ1) is 8.32. The van der Waals surface area contributed by atoms with Gasteiger partial charge in [-0.2, -0.15) is 0 Å². The molecular formula is C15H30N2O. The summed E-state index contributed by atoms with van der Waals surface area (Å²) >= 11 is 0. The maximum atomic E-state index is 12.4. The largest absolute Gasteiger partial charge is 0.337 e. The zero-order valence-corrected chi connectivity index (χ0v) is 12.9. The van der Waals surface area contributed by atoms with Crippen LogP contribution in [0.1, 0.15) is 48.0 Å². The van der Waals surface area contributed by atoms with Gasteiger partial charge in [-0.3, -0.25) is 4.79 Å². The molecule has 1 aliphatic heterocycles. The fraction of sp³-hybridized carbons (Fsp3) is 0.933. The second-order valence-corrected chi connectivity index (χ2v) is 6.69. The Hall–Kier alpha value is -0.570. The Morgan fingerprint density at radius 1 is 1.22 bits per heavy atom. The molecule has 0 aromatic carbocycles. The Labute approximate surface area is 112 Å². The van der Waals surface area contributed by atoms with Crippen LogP contribution in [0.25, 0.3) is 0 Å². The minimum Gasteiger partial charge on any atom is -0.337 e. The molecule has 1 amide bonds. The van der Waals surface area contributed by atoms with Crippen LogP contribution >= 0.6 is 0 Å². The van der Waals surface area contributed by atoms with Gasteiger partial charge in [0.2, 0.25) is 5.91 Å². The number of hydrogen-bond donors (Lipinski definition) is 1. The van der Waals surface area contributed by atoms with Crippen molar-refractivity contribution in [3.05, 3.63) is 0 Å². The molecule has 1 N–H and O–H groups in total. The maximum absolute atomic E-state index is 12.4. The van der Waals surface area contributed by atoms with Crippen molar-refractivity contribution < 1.29 is 4.79 Å². The fourth-order valence-electron chi connectivity index (χ4n) is 2.63. The summed E-state index contributed by atoms with van der Waals surface area (Å²) in [5.41, 5.74) is 0. The first-order valence-electron chi connectivity index (χ1n) is 7.36. The van der Waals surface area contributed by atoms with Gasteiger partial charge in [-0.05, 0) is 18.3 Å². The van der Waals surface area contributed by atoms with Crippen LogP contribution in [-0.4, -0.2) is 36.0 Å². The molecule has 1 fully saturated rings. The smallest absolute Gasteiger partial charge is 0.225 e. The number of carbonyl (C=O) groups is 1. The van der Waals surface area contributed by atoms with Gasteiger partial charge in [0.25, 0.3) is 0 Å². The van der Waals surface area contributed by atoms with E-state index >= 15 is 0 Å². The van der Waals surface area contributed by atoms with E-state index in [1.54, 1.807) is 0 Å². The Morgan fingerprint density at radius 2 is 1.83 bits per heavy atom. The molecule has 0 aromatic rings. The summed E-state index contributed by atoms with van der Waals surface area (Å²) in [7, 11) is 0. The molecule has 0 aromatic heterocycles. The highest BCUT2D eigenvalue weighted by Gasteiger charge is 2.33. The first-order valence-corrected chi connectivity index (χ1v) is 7.36. The standard InChI is InChI=1S/C15H30N2O/c1-10(2)7-13-8-16-14(11(3)4)9-17(13)15(18)12(5)6/h10-14,16H,7-9H2,1-6H3. The van der Waals surface area contributed by atoms with Crippen molar-refractivity contribution in [1.82, 2.24) is 10.2 Å². The van der Waals surface area contributed by atoms with Gasteiger partial charge in [-0.1, -0.05) is 41.5 Å². The minimum atomic E-state index is 0.102. The van der Waals surface area contributed by atoms with Crippen molar-refractivity contribution in [1.29, 1.82) is 0 Å². The van der Waals surface area contributed by atoms with Gasteiger partial charge in [0.15, 0.2) is 0 Å². The third-order valence-electron chi connectivity index (χ3n) is 3.78. The average molecular weight is 254 g/mol. The number of rotatable bonds is 4. The van der Waals surface area contributed by atoms with Crippen molar-refractivity contribution >= 4 is 5.91 Å². The van der Waals surface area contributed by atoms with E-state index in [1.807, 2.05) is 13.8 Å². The van der Waals surface area contributed by atoms with Crippen molar-refractivity contribution in [3.63, 3.8) is 0 Å². The number of piperazine rings is 1. The second kappa shape index (κ2) is 6.55. The summed E-state index contributed by atoms with van der Waals surface area (Å²) < 4.78 is 0. The first kappa shape index (κ1) is 15.5. The lowest BCUT2D eigenvalue weighted by atomic mass is 9.94. The van der Waals surface area contributed by atoms with E-state index in [2.05, 4.69) is 37.9 Å². The molecule has 2 unspecified atom stereocenters. The van der Waals surface area contributed by atoms with Gasteiger partial charge in [-0.15, -0.1) is 0 Å². The summed E-state index contributed by atoms with van der Waals surface area (Å²) in [6, 6.07) is 0.811. The van der Waals surface area contributed by atoms with E-state index in [0.717, 1.165) is 19.5 Å². The van der Waals surface area contributed by atoms with Crippen LogP contribution in [0.5, 0.6) is 0 Å². The monoisotopic (exact) mass is 254 g/mol. The molecule has 0 spiro atoms. The van der Waals surface area contributed by atoms with Gasteiger partial charge in [0, 0.05) is 31.1 Å². The number of hydrogen-bond acceptors (Lipinski definition) is 2. The van der Waals surface area contributed by atoms with Crippen LogP contribution in [-0.2, 0) is 4.79 Å². The fourth-order valence-corrected chi connectivity index (χ4v) is 2.63. The molecule has 0 radical (unpaired) electrons. The molecule has 0 saturated carbocycles. The SMILES string of the molecule is CC(C)CC1CNC(C(C)C)CN1C(=O)C(C)C. The third-order valence-corrected chi connectivity index (χ3v) is 3.78. The Bertz CT molecular complexity index is 274. The molecular weight excluding hydrogens is 224 g/mol. The van der Waals surface area contributed by atoms with E-state index in [1.165, 1.54) is 0 Å². The van der Waals surface area contributed by atoms with Gasteiger partial charge < -0.3 is 10.2 Å². The molecule has 2 atom stereocenters. The molecule has 3 nitrogen and oxygen atoms in total. The second-order valence-electron chi connectivity index (χ2n) is 6.69. The lowest BCUT2D eigenvalue weighted by molar-refractivity contribution is -0.139. The number of nitrogens with zero attached hydrogens (tertiary/aromatic N) is 1. The number of carbonyl (C=O) groups excluding carboxylic acids is 1. The van der Waals surface area contributed by atoms with E-state index in [-0.39, 0.29) is 5.92 Å². The van der Waals surface area contributed by atoms with Crippen LogP contribution in [0.4, 0.5) is 0 Å². The lowest BCUT2D eigenvalue weighted by Gasteiger charge is -2.43. The quantitative estimate of drug-likeness (QED) is 0.836. The minimum absolute atomic E-state index is 0.102. The lowest BCUT2D eigenvalue weighted by Crippen LogP contribution is -2.60. The van der Waals surface area contributed by atoms with Crippen LogP contribution in [0.2, 0.25) is 0 Å². The van der Waals surface area contributed by atoms with E-state index in [4.69, 9.17) is 0 Å². The van der Waals surface area contributed by atoms with Crippen LogP contribution in [0.3, 0.4) is 0 Å². The van der Waals surface area contributed by atoms with Crippen LogP contribution in [0.15, 0.2) is 0 Å². The summed E-state index contributed by atoms with van der Waals surface area (Å²) in [6.45, 7) is 14.7. The molecule has 18 heavy (non-hydrogen) atoms. The van der Waals surface area contributed by atoms with E-state index in [0.29, 0.717) is 29.8 Å². The normalized spacial score (nSPS) is 25.3. The van der Waals surface area contributed by atoms with Crippen molar-refractivity contribution in [2.45, 2.75) is 60.0 Å². The molecule has 1 heterocycles. The van der Waals surface area contributed by atoms with Gasteiger partial charge in [0.1, 0.15) is 0 Å². The van der Waals surface area contributed by atoms with Crippen LogP contribution < -0.4 is 5.32 Å². The molecule has 3 heteroatoms. The Balaban J connectivity index is 2.76. The van der Waals surface area contributed by atoms with Crippen LogP contribution in [0, 0.1) is 17.8 Å². The zero-order chi connectivity index (χ0) is 13.9. The number of nitrogens with one attached hydrogen (secondary N) is 1. The molecule has 0 bridgehead atoms. The molecule has 1 saturated heterocycles. The highest BCUT2D eigenvalue weighted by molar-refractivity contribution is 5.78. The van der Waals surface area contributed by atoms with Gasteiger partial charge in [-0.25, -0.2) is 0 Å². The van der Waals surface area contributed by atoms with E-state index in [9.17, 15) is 4.79 Å². The van der Waals surface area contributed by atoms with Crippen molar-refractivity contribution in [3.8, 4) is 0 Å². The Kier molecular flexibility index (Phi) is 5.64. The van der Waals surface area contributed by atoms with Crippen molar-refractivity contribution in [2.75, 3.05) is 13.1 Å². The van der Waals surface area contributed by atoms with E-state index < -0.39 is 0 Å². The predicted octanol–water partition coefficient (Wildman–Crippen LogP) is 2.51. The summed E-state index contributed by atoms with van der Waals surface area (Å²) in [6.07, 6.45) is 1.09. The van der Waals surface area contributed by atoms with Gasteiger partial charge >= 0.3 is 0 Å². The average Bonchev–Trinajstić information content (AvgIpc) is 2.27. The summed E-state index contributed by atoms with van der Waals surface area (Å²) in [5.74, 6) is 1.63. The zero-order valence-electron chi connectivity index (χ0n) is 12.9. The summed E-state index contributed by atoms with van der Waals surface area (Å²) in [4.78, 5) is 14.5. The molecule has 106 valence electrons. The third kappa shape index (κ3) is 3.98. The molecule has 1 aliphatic rings. The van der Waals surface area contributed by atoms with Crippen molar-refractivity contribution in [2.24, 2.45) is 17.8 Å². The molecule has 0 aliphatic carbocycles. The summed E-state index contributed by atoms with van der Waals surface area (Å²) in [5, 5.41) is 3.60. The highest BCUT2D eigenvalue weighted by atomic mass is 16.2.